The molecule has 0 aliphatic heterocycles. The fourth-order valence-corrected chi connectivity index (χ4v) is 5.42. The van der Waals surface area contributed by atoms with Crippen LogP contribution in [0, 0.1) is 19.0 Å². The van der Waals surface area contributed by atoms with Crippen LogP contribution in [0.5, 0.6) is 0 Å². The van der Waals surface area contributed by atoms with Crippen LogP contribution in [-0.4, -0.2) is 0 Å². The number of halogens is 2. The Bertz CT molecular complexity index is 597. The molecule has 2 saturated carbocycles. The molecule has 2 aromatic rings. The molecule has 2 aromatic carbocycles. The maximum atomic E-state index is 2.41. The van der Waals surface area contributed by atoms with Crippen LogP contribution in [0.15, 0.2) is 48.5 Å². The van der Waals surface area contributed by atoms with E-state index in [0.717, 1.165) is 11.8 Å². The fraction of sp³-hybridized carbons (Fsp3) is 0.368. The minimum Gasteiger partial charge on any atom is -0.0571 e. The van der Waals surface area contributed by atoms with E-state index in [1.807, 2.05) is 0 Å². The highest BCUT2D eigenvalue weighted by Gasteiger charge is 2.52. The molecule has 0 heterocycles. The maximum absolute atomic E-state index is 2.41. The highest BCUT2D eigenvalue weighted by Crippen LogP contribution is 2.59. The molecule has 4 rings (SSSR count). The number of benzene rings is 2. The number of fused-ring (bicyclic) bond motifs is 2. The first-order valence-electron chi connectivity index (χ1n) is 7.70. The topological polar surface area (TPSA) is 0 Å². The van der Waals surface area contributed by atoms with E-state index >= 15 is 0 Å². The maximum Gasteiger partial charge on any atom is 0.0233 e. The Hall–Kier alpha value is -0.100. The third kappa shape index (κ3) is 2.37. The quantitative estimate of drug-likeness (QED) is 0.444. The summed E-state index contributed by atoms with van der Waals surface area (Å²) in [6, 6.07) is 18.6. The van der Waals surface area contributed by atoms with Gasteiger partial charge in [0.25, 0.3) is 0 Å². The molecule has 0 nitrogen and oxygen atoms in total. The van der Waals surface area contributed by atoms with Gasteiger partial charge in [-0.05, 0) is 112 Å². The summed E-state index contributed by atoms with van der Waals surface area (Å²) in [5.41, 5.74) is 3.35. The predicted molar refractivity (Wildman–Crippen MR) is 105 cm³/mol. The van der Waals surface area contributed by atoms with E-state index in [9.17, 15) is 0 Å². The van der Waals surface area contributed by atoms with Crippen molar-refractivity contribution in [1.82, 2.24) is 0 Å². The minimum absolute atomic E-state index is 0.275. The van der Waals surface area contributed by atoms with Gasteiger partial charge in [-0.25, -0.2) is 0 Å². The van der Waals surface area contributed by atoms with Crippen molar-refractivity contribution >= 4 is 45.2 Å². The molecule has 2 aliphatic rings. The minimum atomic E-state index is 0.275. The average molecular weight is 500 g/mol. The van der Waals surface area contributed by atoms with Crippen molar-refractivity contribution in [2.75, 3.05) is 0 Å². The van der Waals surface area contributed by atoms with E-state index in [2.05, 4.69) is 93.7 Å². The van der Waals surface area contributed by atoms with E-state index in [4.69, 9.17) is 0 Å². The standard InChI is InChI=1S/C19H18I2/c20-17-7-3-14(4-8-17)19(12-13-1-2-16(19)11-13)15-5-9-18(21)10-6-15/h3-10,13,16H,1-2,11-12H2. The van der Waals surface area contributed by atoms with Gasteiger partial charge >= 0.3 is 0 Å². The van der Waals surface area contributed by atoms with Gasteiger partial charge in [-0.1, -0.05) is 30.7 Å². The molecule has 0 radical (unpaired) electrons. The lowest BCUT2D eigenvalue weighted by molar-refractivity contribution is 0.320. The molecule has 0 saturated heterocycles. The third-order valence-corrected chi connectivity index (χ3v) is 7.01. The van der Waals surface area contributed by atoms with Crippen LogP contribution in [0.4, 0.5) is 0 Å². The third-order valence-electron chi connectivity index (χ3n) is 5.57. The van der Waals surface area contributed by atoms with E-state index in [1.165, 1.54) is 44.0 Å². The van der Waals surface area contributed by atoms with Crippen molar-refractivity contribution in [3.8, 4) is 0 Å². The molecule has 0 aromatic heterocycles. The van der Waals surface area contributed by atoms with Crippen molar-refractivity contribution in [3.05, 3.63) is 66.8 Å². The molecule has 2 heteroatoms. The summed E-state index contributed by atoms with van der Waals surface area (Å²) in [6.45, 7) is 0. The second-order valence-corrected chi connectivity index (χ2v) is 9.06. The number of hydrogen-bond donors (Lipinski definition) is 0. The molecule has 21 heavy (non-hydrogen) atoms. The Morgan fingerprint density at radius 3 is 1.67 bits per heavy atom. The highest BCUT2D eigenvalue weighted by molar-refractivity contribution is 14.1. The molecular weight excluding hydrogens is 482 g/mol. The zero-order valence-electron chi connectivity index (χ0n) is 11.9. The van der Waals surface area contributed by atoms with E-state index in [0.29, 0.717) is 0 Å². The van der Waals surface area contributed by atoms with Crippen LogP contribution >= 0.6 is 45.2 Å². The lowest BCUT2D eigenvalue weighted by Crippen LogP contribution is -2.34. The monoisotopic (exact) mass is 500 g/mol. The van der Waals surface area contributed by atoms with Gasteiger partial charge in [0, 0.05) is 12.6 Å². The molecule has 2 aliphatic carbocycles. The SMILES string of the molecule is Ic1ccc(C2(c3ccc(I)cc3)CC3CCC2C3)cc1. The molecule has 108 valence electrons. The Balaban J connectivity index is 1.87. The summed E-state index contributed by atoms with van der Waals surface area (Å²) in [4.78, 5) is 0. The molecule has 2 atom stereocenters. The van der Waals surface area contributed by atoms with Crippen LogP contribution in [0.3, 0.4) is 0 Å². The summed E-state index contributed by atoms with van der Waals surface area (Å²) < 4.78 is 2.66. The lowest BCUT2D eigenvalue weighted by atomic mass is 9.64. The van der Waals surface area contributed by atoms with Crippen molar-refractivity contribution in [1.29, 1.82) is 0 Å². The molecule has 0 amide bonds. The summed E-state index contributed by atoms with van der Waals surface area (Å²) in [5, 5.41) is 0. The molecule has 2 fully saturated rings. The summed E-state index contributed by atoms with van der Waals surface area (Å²) in [5.74, 6) is 1.77. The van der Waals surface area contributed by atoms with E-state index in [1.54, 1.807) is 0 Å². The summed E-state index contributed by atoms with van der Waals surface area (Å²) in [7, 11) is 0. The van der Waals surface area contributed by atoms with Gasteiger partial charge in [0.15, 0.2) is 0 Å². The second kappa shape index (κ2) is 5.52. The normalized spacial score (nSPS) is 26.2. The second-order valence-electron chi connectivity index (χ2n) is 6.57. The van der Waals surface area contributed by atoms with Gasteiger partial charge in [-0.2, -0.15) is 0 Å². The summed E-state index contributed by atoms with van der Waals surface area (Å²) in [6.07, 6.45) is 5.63. The van der Waals surface area contributed by atoms with Crippen molar-refractivity contribution in [3.63, 3.8) is 0 Å². The number of hydrogen-bond acceptors (Lipinski definition) is 0. The Morgan fingerprint density at radius 1 is 0.762 bits per heavy atom. The van der Waals surface area contributed by atoms with Gasteiger partial charge in [0.2, 0.25) is 0 Å². The average Bonchev–Trinajstić information content (AvgIpc) is 3.10. The fourth-order valence-electron chi connectivity index (χ4n) is 4.70. The largest absolute Gasteiger partial charge is 0.0571 e. The van der Waals surface area contributed by atoms with Crippen molar-refractivity contribution in [2.24, 2.45) is 11.8 Å². The van der Waals surface area contributed by atoms with Crippen LogP contribution in [0.1, 0.15) is 36.8 Å². The Kier molecular flexibility index (Phi) is 3.81. The summed E-state index contributed by atoms with van der Waals surface area (Å²) >= 11 is 4.81. The van der Waals surface area contributed by atoms with Crippen LogP contribution in [0.25, 0.3) is 0 Å². The smallest absolute Gasteiger partial charge is 0.0233 e. The van der Waals surface area contributed by atoms with Gasteiger partial charge in [0.05, 0.1) is 0 Å². The van der Waals surface area contributed by atoms with Gasteiger partial charge in [-0.3, -0.25) is 0 Å². The first-order valence-corrected chi connectivity index (χ1v) is 9.86. The molecular formula is C19H18I2. The molecule has 2 bridgehead atoms. The first-order chi connectivity index (χ1) is 10.2. The van der Waals surface area contributed by atoms with Crippen LogP contribution < -0.4 is 0 Å². The number of rotatable bonds is 2. The van der Waals surface area contributed by atoms with Crippen LogP contribution in [-0.2, 0) is 5.41 Å². The highest BCUT2D eigenvalue weighted by atomic mass is 127. The first kappa shape index (κ1) is 14.5. The predicted octanol–water partition coefficient (Wildman–Crippen LogP) is 6.00. The molecule has 0 N–H and O–H groups in total. The van der Waals surface area contributed by atoms with Crippen LogP contribution in [0.2, 0.25) is 0 Å². The van der Waals surface area contributed by atoms with Gasteiger partial charge < -0.3 is 0 Å². The van der Waals surface area contributed by atoms with Gasteiger partial charge in [0.1, 0.15) is 0 Å². The molecule has 2 unspecified atom stereocenters. The van der Waals surface area contributed by atoms with Crippen molar-refractivity contribution in [2.45, 2.75) is 31.1 Å². The molecule has 0 spiro atoms. The lowest BCUT2D eigenvalue weighted by Gasteiger charge is -2.39. The Labute approximate surface area is 154 Å². The van der Waals surface area contributed by atoms with Gasteiger partial charge in [-0.15, -0.1) is 0 Å². The zero-order valence-corrected chi connectivity index (χ0v) is 16.2. The van der Waals surface area contributed by atoms with E-state index < -0.39 is 0 Å². The Morgan fingerprint density at radius 2 is 1.29 bits per heavy atom. The zero-order chi connectivity index (χ0) is 14.4. The van der Waals surface area contributed by atoms with E-state index in [-0.39, 0.29) is 5.41 Å². The van der Waals surface area contributed by atoms with Crippen molar-refractivity contribution < 1.29 is 0 Å².